The number of aromatic hydroxyl groups is 1. The third kappa shape index (κ3) is 5.67. The summed E-state index contributed by atoms with van der Waals surface area (Å²) in [5, 5.41) is 17.6. The van der Waals surface area contributed by atoms with Crippen molar-refractivity contribution in [1.82, 2.24) is 0 Å². The van der Waals surface area contributed by atoms with Gasteiger partial charge in [-0.25, -0.2) is 0 Å². The van der Waals surface area contributed by atoms with E-state index in [9.17, 15) is 4.79 Å². The largest absolute Gasteiger partial charge is 0.508 e. The highest BCUT2D eigenvalue weighted by molar-refractivity contribution is 5.75. The molecule has 2 rings (SSSR count). The highest BCUT2D eigenvalue weighted by atomic mass is 16.4. The summed E-state index contributed by atoms with van der Waals surface area (Å²) in [5.74, 6) is -1.23. The van der Waals surface area contributed by atoms with Crippen molar-refractivity contribution in [2.24, 2.45) is 5.73 Å². The van der Waals surface area contributed by atoms with E-state index in [1.807, 2.05) is 37.3 Å². The van der Waals surface area contributed by atoms with Crippen LogP contribution in [0.5, 0.6) is 5.75 Å². The molecule has 0 aromatic heterocycles. The van der Waals surface area contributed by atoms with Crippen LogP contribution in [0.25, 0.3) is 0 Å². The van der Waals surface area contributed by atoms with Gasteiger partial charge in [0.05, 0.1) is 5.92 Å². The Kier molecular flexibility index (Phi) is 6.43. The zero-order chi connectivity index (χ0) is 15.8. The fraction of sp³-hybridized carbons (Fsp3) is 0.235. The Morgan fingerprint density at radius 2 is 1.48 bits per heavy atom. The van der Waals surface area contributed by atoms with E-state index in [0.717, 1.165) is 0 Å². The van der Waals surface area contributed by atoms with Crippen molar-refractivity contribution in [2.45, 2.75) is 25.8 Å². The molecular weight excluding hydrogens is 266 g/mol. The molecule has 0 aliphatic carbocycles. The number of carboxylic acid groups (broad SMARTS) is 1. The number of phenols is 1. The van der Waals surface area contributed by atoms with E-state index in [1.165, 1.54) is 17.7 Å². The minimum atomic E-state index is -0.860. The molecule has 2 atom stereocenters. The van der Waals surface area contributed by atoms with Crippen molar-refractivity contribution >= 4 is 5.97 Å². The van der Waals surface area contributed by atoms with Crippen LogP contribution in [0.4, 0.5) is 0 Å². The predicted molar refractivity (Wildman–Crippen MR) is 83.2 cm³/mol. The third-order valence-corrected chi connectivity index (χ3v) is 3.09. The van der Waals surface area contributed by atoms with Gasteiger partial charge in [0.2, 0.25) is 0 Å². The van der Waals surface area contributed by atoms with E-state index in [-0.39, 0.29) is 11.8 Å². The average molecular weight is 287 g/mol. The zero-order valence-corrected chi connectivity index (χ0v) is 12.2. The predicted octanol–water partition coefficient (Wildman–Crippen LogP) is 3.29. The molecule has 0 aliphatic heterocycles. The molecule has 2 aromatic carbocycles. The molecular formula is C17H21NO3. The maximum Gasteiger partial charge on any atom is 0.310 e. The number of phenolic OH excluding ortho intramolecular Hbond substituents is 1. The van der Waals surface area contributed by atoms with Gasteiger partial charge in [0.15, 0.2) is 0 Å². The number of carbonyl (C=O) groups is 1. The van der Waals surface area contributed by atoms with Gasteiger partial charge in [-0.2, -0.15) is 0 Å². The standard InChI is InChI=1S/C9H10O3.C8H11N/c1-6(9(11)12)7-2-4-8(10)5-3-7;1-7(9)8-5-3-2-4-6-8/h2-6,10H,1H3,(H,11,12);2-7H,9H2,1H3/t6-;7-/m10/s1. The van der Waals surface area contributed by atoms with E-state index < -0.39 is 11.9 Å². The molecule has 21 heavy (non-hydrogen) atoms. The molecule has 0 fully saturated rings. The van der Waals surface area contributed by atoms with E-state index in [2.05, 4.69) is 0 Å². The van der Waals surface area contributed by atoms with Crippen molar-refractivity contribution in [2.75, 3.05) is 0 Å². The Balaban J connectivity index is 0.000000219. The maximum atomic E-state index is 10.5. The van der Waals surface area contributed by atoms with Gasteiger partial charge in [0.25, 0.3) is 0 Å². The van der Waals surface area contributed by atoms with Gasteiger partial charge < -0.3 is 15.9 Å². The Hall–Kier alpha value is -2.33. The molecule has 0 unspecified atom stereocenters. The number of hydrogen-bond donors (Lipinski definition) is 3. The smallest absolute Gasteiger partial charge is 0.310 e. The summed E-state index contributed by atoms with van der Waals surface area (Å²) in [6, 6.07) is 16.4. The SMILES string of the molecule is C[C@@H](C(=O)O)c1ccc(O)cc1.C[C@H](N)c1ccccc1. The van der Waals surface area contributed by atoms with E-state index >= 15 is 0 Å². The molecule has 0 saturated heterocycles. The zero-order valence-electron chi connectivity index (χ0n) is 12.2. The van der Waals surface area contributed by atoms with Gasteiger partial charge in [-0.15, -0.1) is 0 Å². The molecule has 0 saturated carbocycles. The first kappa shape index (κ1) is 16.7. The Labute approximate surface area is 124 Å². The highest BCUT2D eigenvalue weighted by Gasteiger charge is 2.12. The summed E-state index contributed by atoms with van der Waals surface area (Å²) < 4.78 is 0. The van der Waals surface area contributed by atoms with Crippen LogP contribution in [-0.4, -0.2) is 16.2 Å². The fourth-order valence-corrected chi connectivity index (χ4v) is 1.66. The second-order valence-corrected chi connectivity index (χ2v) is 4.85. The van der Waals surface area contributed by atoms with Crippen LogP contribution in [0, 0.1) is 0 Å². The van der Waals surface area contributed by atoms with Gasteiger partial charge in [-0.1, -0.05) is 42.5 Å². The summed E-state index contributed by atoms with van der Waals surface area (Å²) in [4.78, 5) is 10.5. The van der Waals surface area contributed by atoms with E-state index in [0.29, 0.717) is 5.56 Å². The lowest BCUT2D eigenvalue weighted by Gasteiger charge is -2.05. The quantitative estimate of drug-likeness (QED) is 0.809. The fourth-order valence-electron chi connectivity index (χ4n) is 1.66. The van der Waals surface area contributed by atoms with Crippen molar-refractivity contribution < 1.29 is 15.0 Å². The van der Waals surface area contributed by atoms with Crippen molar-refractivity contribution in [3.8, 4) is 5.75 Å². The van der Waals surface area contributed by atoms with E-state index in [1.54, 1.807) is 19.1 Å². The topological polar surface area (TPSA) is 83.5 Å². The van der Waals surface area contributed by atoms with Gasteiger partial charge in [0, 0.05) is 6.04 Å². The number of rotatable bonds is 3. The minimum Gasteiger partial charge on any atom is -0.508 e. The Morgan fingerprint density at radius 1 is 0.952 bits per heavy atom. The summed E-state index contributed by atoms with van der Waals surface area (Å²) >= 11 is 0. The summed E-state index contributed by atoms with van der Waals surface area (Å²) in [6.45, 7) is 3.59. The monoisotopic (exact) mass is 287 g/mol. The molecule has 4 heteroatoms. The third-order valence-electron chi connectivity index (χ3n) is 3.09. The first-order valence-electron chi connectivity index (χ1n) is 6.74. The van der Waals surface area contributed by atoms with Gasteiger partial charge in [0.1, 0.15) is 5.75 Å². The minimum absolute atomic E-state index is 0.149. The molecule has 2 aromatic rings. The van der Waals surface area contributed by atoms with Crippen LogP contribution in [0.2, 0.25) is 0 Å². The van der Waals surface area contributed by atoms with Crippen molar-refractivity contribution in [3.63, 3.8) is 0 Å². The maximum absolute atomic E-state index is 10.5. The van der Waals surface area contributed by atoms with Gasteiger partial charge in [-0.3, -0.25) is 4.79 Å². The molecule has 0 aliphatic rings. The average Bonchev–Trinajstić information content (AvgIpc) is 2.49. The van der Waals surface area contributed by atoms with Crippen LogP contribution < -0.4 is 5.73 Å². The molecule has 4 nitrogen and oxygen atoms in total. The lowest BCUT2D eigenvalue weighted by Crippen LogP contribution is -2.06. The Bertz CT molecular complexity index is 550. The molecule has 0 radical (unpaired) electrons. The van der Waals surface area contributed by atoms with E-state index in [4.69, 9.17) is 15.9 Å². The Morgan fingerprint density at radius 3 is 1.86 bits per heavy atom. The lowest BCUT2D eigenvalue weighted by molar-refractivity contribution is -0.138. The summed E-state index contributed by atoms with van der Waals surface area (Å²) in [7, 11) is 0. The van der Waals surface area contributed by atoms with Crippen molar-refractivity contribution in [3.05, 3.63) is 65.7 Å². The normalized spacial score (nSPS) is 12.7. The van der Waals surface area contributed by atoms with Crippen LogP contribution in [0.1, 0.15) is 36.9 Å². The van der Waals surface area contributed by atoms with Crippen molar-refractivity contribution in [1.29, 1.82) is 0 Å². The molecule has 0 amide bonds. The number of hydrogen-bond acceptors (Lipinski definition) is 3. The number of carboxylic acids is 1. The second-order valence-electron chi connectivity index (χ2n) is 4.85. The molecule has 112 valence electrons. The second kappa shape index (κ2) is 8.07. The van der Waals surface area contributed by atoms with Gasteiger partial charge >= 0.3 is 5.97 Å². The first-order valence-corrected chi connectivity index (χ1v) is 6.74. The van der Waals surface area contributed by atoms with Crippen LogP contribution in [-0.2, 0) is 4.79 Å². The highest BCUT2D eigenvalue weighted by Crippen LogP contribution is 2.18. The molecule has 0 bridgehead atoms. The lowest BCUT2D eigenvalue weighted by atomic mass is 10.0. The number of nitrogens with two attached hydrogens (primary N) is 1. The van der Waals surface area contributed by atoms with Crippen LogP contribution in [0.15, 0.2) is 54.6 Å². The molecule has 0 spiro atoms. The van der Waals surface area contributed by atoms with Crippen LogP contribution in [0.3, 0.4) is 0 Å². The number of benzene rings is 2. The summed E-state index contributed by atoms with van der Waals surface area (Å²) in [5.41, 5.74) is 7.50. The van der Waals surface area contributed by atoms with Gasteiger partial charge in [-0.05, 0) is 37.1 Å². The number of aliphatic carboxylic acids is 1. The summed E-state index contributed by atoms with van der Waals surface area (Å²) in [6.07, 6.45) is 0. The molecule has 4 N–H and O–H groups in total. The molecule has 0 heterocycles. The van der Waals surface area contributed by atoms with Crippen LogP contribution >= 0.6 is 0 Å². The first-order chi connectivity index (χ1) is 9.91.